The van der Waals surface area contributed by atoms with Crippen LogP contribution in [0.5, 0.6) is 0 Å². The largest absolute Gasteiger partial charge is 0.444 e. The number of alkyl halides is 3. The summed E-state index contributed by atoms with van der Waals surface area (Å²) in [6.07, 6.45) is -5.34. The smallest absolute Gasteiger partial charge is 0.416 e. The second-order valence-corrected chi connectivity index (χ2v) is 18.4. The van der Waals surface area contributed by atoms with Crippen LogP contribution in [-0.4, -0.2) is 77.1 Å². The first-order chi connectivity index (χ1) is 25.1. The van der Waals surface area contributed by atoms with E-state index < -0.39 is 91.2 Å². The maximum atomic E-state index is 14.5. The molecule has 2 aliphatic heterocycles. The summed E-state index contributed by atoms with van der Waals surface area (Å²) in [5.74, 6) is -3.22. The lowest BCUT2D eigenvalue weighted by atomic mass is 9.85. The molecule has 2 saturated carbocycles. The number of carbonyl (C=O) groups excluding carboxylic acids is 4. The van der Waals surface area contributed by atoms with Crippen molar-refractivity contribution >= 4 is 39.5 Å². The molecule has 294 valence electrons. The van der Waals surface area contributed by atoms with Crippen molar-refractivity contribution in [3.63, 3.8) is 0 Å². The van der Waals surface area contributed by atoms with E-state index in [0.29, 0.717) is 30.4 Å². The van der Waals surface area contributed by atoms with Gasteiger partial charge >= 0.3 is 12.3 Å². The molecule has 2 aliphatic carbocycles. The zero-order valence-corrected chi connectivity index (χ0v) is 31.5. The molecule has 0 spiro atoms. The van der Waals surface area contributed by atoms with E-state index in [1.807, 2.05) is 0 Å². The van der Waals surface area contributed by atoms with Gasteiger partial charge in [-0.25, -0.2) is 17.6 Å². The number of nitrogens with zero attached hydrogens (tertiary/aromatic N) is 2. The summed E-state index contributed by atoms with van der Waals surface area (Å²) in [6, 6.07) is 6.35. The molecule has 0 aromatic heterocycles. The van der Waals surface area contributed by atoms with Gasteiger partial charge in [-0.15, -0.1) is 0 Å². The highest BCUT2D eigenvalue weighted by molar-refractivity contribution is 7.91. The van der Waals surface area contributed by atoms with Gasteiger partial charge in [-0.05, 0) is 67.3 Å². The minimum absolute atomic E-state index is 0.00654. The molecule has 0 radical (unpaired) electrons. The van der Waals surface area contributed by atoms with Crippen LogP contribution in [0.25, 0.3) is 0 Å². The Morgan fingerprint density at radius 2 is 1.72 bits per heavy atom. The fourth-order valence-corrected chi connectivity index (χ4v) is 8.58. The number of hydrogen-bond donors (Lipinski definition) is 3. The third-order valence-corrected chi connectivity index (χ3v) is 13.3. The molecular weight excluding hydrogens is 734 g/mol. The molecule has 5 unspecified atom stereocenters. The fourth-order valence-electron chi connectivity index (χ4n) is 7.26. The number of likely N-dealkylation sites (tertiary alicyclic amines) is 1. The van der Waals surface area contributed by atoms with E-state index in [1.165, 1.54) is 41.0 Å². The van der Waals surface area contributed by atoms with Crippen molar-refractivity contribution in [1.29, 1.82) is 0 Å². The van der Waals surface area contributed by atoms with Crippen molar-refractivity contribution in [2.45, 2.75) is 114 Å². The van der Waals surface area contributed by atoms with Crippen LogP contribution in [0, 0.1) is 17.2 Å². The number of hydrogen-bond acceptors (Lipinski definition) is 8. The van der Waals surface area contributed by atoms with Gasteiger partial charge in [0.15, 0.2) is 0 Å². The quantitative estimate of drug-likeness (QED) is 0.283. The van der Waals surface area contributed by atoms with E-state index >= 15 is 0 Å². The molecular formula is C37H45F4N5O7S. The van der Waals surface area contributed by atoms with Gasteiger partial charge in [-0.1, -0.05) is 52.3 Å². The minimum Gasteiger partial charge on any atom is -0.444 e. The first kappa shape index (κ1) is 39.3. The predicted molar refractivity (Wildman–Crippen MR) is 188 cm³/mol. The monoisotopic (exact) mass is 779 g/mol. The molecule has 2 heterocycles. The number of nitrogens with one attached hydrogen (secondary N) is 3. The zero-order valence-electron chi connectivity index (χ0n) is 30.7. The summed E-state index contributed by atoms with van der Waals surface area (Å²) in [5, 5.41) is 5.66. The average Bonchev–Trinajstić information content (AvgIpc) is 3.89. The van der Waals surface area contributed by atoms with Crippen LogP contribution in [0.15, 0.2) is 42.5 Å². The van der Waals surface area contributed by atoms with Crippen molar-refractivity contribution in [2.24, 2.45) is 11.3 Å². The number of rotatable bonds is 10. The first-order valence-electron chi connectivity index (χ1n) is 17.9. The summed E-state index contributed by atoms with van der Waals surface area (Å²) >= 11 is 0. The van der Waals surface area contributed by atoms with E-state index in [-0.39, 0.29) is 38.2 Å². The average molecular weight is 780 g/mol. The molecule has 3 N–H and O–H groups in total. The standard InChI is InChI=1S/C37H45F4N5O7S/c1-6-22-17-36(22,32(49)44-54(51,52)35(5)13-14-35)43-30(47)28-16-25(53-33(50)45-18-21-9-7-12-27(38)26(21)20-45)19-46(28)31(48)29(34(2,3)4)42-24-11-8-10-23(15-24)37(39,40)41/h7-12,15,22,25,28-29,42H,6,13-14,16-20H2,1-5H3,(H,43,47)(H,44,49). The molecule has 12 nitrogen and oxygen atoms in total. The molecule has 17 heteroatoms. The number of halogens is 4. The van der Waals surface area contributed by atoms with Crippen molar-refractivity contribution in [2.75, 3.05) is 11.9 Å². The molecule has 0 bridgehead atoms. The van der Waals surface area contributed by atoms with Crippen LogP contribution in [-0.2, 0) is 48.4 Å². The van der Waals surface area contributed by atoms with Gasteiger partial charge in [0.2, 0.25) is 21.8 Å². The lowest BCUT2D eigenvalue weighted by Gasteiger charge is -2.36. The normalized spacial score (nSPS) is 25.0. The van der Waals surface area contributed by atoms with Gasteiger partial charge < -0.3 is 20.3 Å². The Morgan fingerprint density at radius 3 is 2.31 bits per heavy atom. The summed E-state index contributed by atoms with van der Waals surface area (Å²) in [4.78, 5) is 58.2. The van der Waals surface area contributed by atoms with Crippen LogP contribution in [0.1, 0.15) is 83.4 Å². The lowest BCUT2D eigenvalue weighted by molar-refractivity contribution is -0.141. The number of anilines is 1. The molecule has 4 aliphatic rings. The van der Waals surface area contributed by atoms with Crippen LogP contribution in [0.4, 0.5) is 28.0 Å². The van der Waals surface area contributed by atoms with E-state index in [9.17, 15) is 45.2 Å². The Balaban J connectivity index is 1.26. The minimum atomic E-state index is -4.65. The molecule has 54 heavy (non-hydrogen) atoms. The Labute approximate surface area is 311 Å². The Morgan fingerprint density at radius 1 is 1.04 bits per heavy atom. The highest BCUT2D eigenvalue weighted by atomic mass is 32.2. The van der Waals surface area contributed by atoms with Crippen LogP contribution < -0.4 is 15.4 Å². The van der Waals surface area contributed by atoms with E-state index in [0.717, 1.165) is 12.1 Å². The molecule has 4 amide bonds. The van der Waals surface area contributed by atoms with Gasteiger partial charge in [-0.3, -0.25) is 24.0 Å². The number of fused-ring (bicyclic) bond motifs is 1. The van der Waals surface area contributed by atoms with E-state index in [2.05, 4.69) is 15.4 Å². The third kappa shape index (κ3) is 7.60. The molecule has 2 aromatic rings. The molecule has 6 rings (SSSR count). The Hall–Kier alpha value is -4.41. The second kappa shape index (κ2) is 13.7. The molecule has 1 saturated heterocycles. The van der Waals surface area contributed by atoms with Gasteiger partial charge in [0.1, 0.15) is 29.5 Å². The van der Waals surface area contributed by atoms with Crippen molar-refractivity contribution in [3.8, 4) is 0 Å². The van der Waals surface area contributed by atoms with Crippen LogP contribution >= 0.6 is 0 Å². The maximum Gasteiger partial charge on any atom is 0.416 e. The SMILES string of the molecule is CCC1CC1(NC(=O)C1CC(OC(=O)N2Cc3cccc(F)c3C2)CN1C(=O)C(Nc1cccc(C(F)(F)F)c1)C(C)(C)C)C(=O)NS(=O)(=O)C1(C)CC1. The lowest BCUT2D eigenvalue weighted by Crippen LogP contribution is -2.59. The third-order valence-electron chi connectivity index (χ3n) is 11.1. The second-order valence-electron chi connectivity index (χ2n) is 16.2. The van der Waals surface area contributed by atoms with E-state index in [4.69, 9.17) is 4.74 Å². The number of benzene rings is 2. The van der Waals surface area contributed by atoms with Crippen LogP contribution in [0.3, 0.4) is 0 Å². The Bertz CT molecular complexity index is 1970. The Kier molecular flexibility index (Phi) is 9.98. The van der Waals surface area contributed by atoms with Gasteiger partial charge in [0.05, 0.1) is 23.4 Å². The molecule has 3 fully saturated rings. The molecule has 2 aromatic carbocycles. The van der Waals surface area contributed by atoms with Gasteiger partial charge in [0, 0.05) is 24.2 Å². The summed E-state index contributed by atoms with van der Waals surface area (Å²) in [6.45, 7) is 8.15. The number of carbonyl (C=O) groups is 4. The number of sulfonamides is 1. The maximum absolute atomic E-state index is 14.5. The van der Waals surface area contributed by atoms with Crippen LogP contribution in [0.2, 0.25) is 0 Å². The highest BCUT2D eigenvalue weighted by Gasteiger charge is 2.63. The first-order valence-corrected chi connectivity index (χ1v) is 19.4. The fraction of sp³-hybridized carbons (Fsp3) is 0.568. The van der Waals surface area contributed by atoms with E-state index in [1.54, 1.807) is 33.8 Å². The van der Waals surface area contributed by atoms with Crippen molar-refractivity contribution in [3.05, 3.63) is 65.0 Å². The topological polar surface area (TPSA) is 154 Å². The summed E-state index contributed by atoms with van der Waals surface area (Å²) in [5.41, 5.74) is -2.47. The predicted octanol–water partition coefficient (Wildman–Crippen LogP) is 5.08. The summed E-state index contributed by atoms with van der Waals surface area (Å²) in [7, 11) is -4.04. The summed E-state index contributed by atoms with van der Waals surface area (Å²) < 4.78 is 88.0. The van der Waals surface area contributed by atoms with Gasteiger partial charge in [0.25, 0.3) is 5.91 Å². The zero-order chi connectivity index (χ0) is 39.6. The van der Waals surface area contributed by atoms with Crippen molar-refractivity contribution < 1.29 is 49.9 Å². The van der Waals surface area contributed by atoms with Gasteiger partial charge in [-0.2, -0.15) is 13.2 Å². The van der Waals surface area contributed by atoms with Crippen molar-refractivity contribution in [1.82, 2.24) is 19.8 Å². The number of ether oxygens (including phenoxy) is 1. The molecule has 5 atom stereocenters. The highest BCUT2D eigenvalue weighted by Crippen LogP contribution is 2.48. The number of amides is 4.